The Labute approximate surface area is 178 Å². The molecule has 4 rings (SSSR count). The minimum Gasteiger partial charge on any atom is -0.489 e. The second-order valence-electron chi connectivity index (χ2n) is 8.03. The minimum atomic E-state index is 0.108. The van der Waals surface area contributed by atoms with Crippen molar-refractivity contribution in [3.63, 3.8) is 0 Å². The van der Waals surface area contributed by atoms with E-state index < -0.39 is 0 Å². The van der Waals surface area contributed by atoms with Crippen molar-refractivity contribution < 1.29 is 9.53 Å². The van der Waals surface area contributed by atoms with Gasteiger partial charge in [-0.05, 0) is 55.9 Å². The second kappa shape index (κ2) is 9.64. The molecule has 0 aromatic heterocycles. The molecule has 154 valence electrons. The number of likely N-dealkylation sites (tertiary alicyclic amines) is 2. The lowest BCUT2D eigenvalue weighted by Crippen LogP contribution is -2.38. The number of carbonyl (C=O) groups excluding carboxylic acids is 1. The van der Waals surface area contributed by atoms with Crippen molar-refractivity contribution in [1.29, 1.82) is 0 Å². The highest BCUT2D eigenvalue weighted by atomic mass is 35.5. The van der Waals surface area contributed by atoms with Gasteiger partial charge >= 0.3 is 0 Å². The van der Waals surface area contributed by atoms with Crippen molar-refractivity contribution in [2.75, 3.05) is 26.2 Å². The number of carbonyl (C=O) groups is 1. The molecule has 0 aliphatic carbocycles. The van der Waals surface area contributed by atoms with Crippen LogP contribution in [-0.4, -0.2) is 48.0 Å². The molecule has 5 heteroatoms. The van der Waals surface area contributed by atoms with E-state index in [1.807, 2.05) is 47.4 Å². The lowest BCUT2D eigenvalue weighted by Gasteiger charge is -2.33. The summed E-state index contributed by atoms with van der Waals surface area (Å²) in [5.41, 5.74) is 1.87. The molecular weight excluding hydrogens is 384 g/mol. The third-order valence-electron chi connectivity index (χ3n) is 5.94. The van der Waals surface area contributed by atoms with Gasteiger partial charge in [-0.15, -0.1) is 0 Å². The van der Waals surface area contributed by atoms with Gasteiger partial charge in [0.1, 0.15) is 11.9 Å². The summed E-state index contributed by atoms with van der Waals surface area (Å²) in [5.74, 6) is 0.837. The SMILES string of the molecule is O=C(c1ccccc1OC1CCN(Cc2ccccc2Cl)CC1)N1CCCCC1. The van der Waals surface area contributed by atoms with E-state index >= 15 is 0 Å². The van der Waals surface area contributed by atoms with Gasteiger partial charge in [-0.25, -0.2) is 0 Å². The predicted molar refractivity (Wildman–Crippen MR) is 117 cm³/mol. The van der Waals surface area contributed by atoms with Gasteiger partial charge in [-0.1, -0.05) is 41.9 Å². The van der Waals surface area contributed by atoms with Crippen LogP contribution in [0.15, 0.2) is 48.5 Å². The van der Waals surface area contributed by atoms with E-state index in [9.17, 15) is 4.79 Å². The van der Waals surface area contributed by atoms with Gasteiger partial charge in [0.15, 0.2) is 0 Å². The monoisotopic (exact) mass is 412 g/mol. The van der Waals surface area contributed by atoms with Crippen molar-refractivity contribution in [2.24, 2.45) is 0 Å². The van der Waals surface area contributed by atoms with Crippen molar-refractivity contribution in [1.82, 2.24) is 9.80 Å². The standard InChI is InChI=1S/C24H29ClN2O2/c25-22-10-4-2-8-19(22)18-26-16-12-20(13-17-26)29-23-11-5-3-9-21(23)24(28)27-14-6-1-7-15-27/h2-5,8-11,20H,1,6-7,12-18H2. The van der Waals surface area contributed by atoms with Crippen LogP contribution in [0.1, 0.15) is 48.0 Å². The number of halogens is 1. The average molecular weight is 413 g/mol. The highest BCUT2D eigenvalue weighted by Gasteiger charge is 2.25. The fraction of sp³-hybridized carbons (Fsp3) is 0.458. The number of hydrogen-bond donors (Lipinski definition) is 0. The number of piperidine rings is 2. The normalized spacial score (nSPS) is 18.6. The highest BCUT2D eigenvalue weighted by Crippen LogP contribution is 2.26. The summed E-state index contributed by atoms with van der Waals surface area (Å²) in [4.78, 5) is 17.4. The third kappa shape index (κ3) is 5.12. The van der Waals surface area contributed by atoms with Gasteiger partial charge in [0, 0.05) is 37.7 Å². The molecule has 0 saturated carbocycles. The van der Waals surface area contributed by atoms with Crippen LogP contribution in [0.25, 0.3) is 0 Å². The lowest BCUT2D eigenvalue weighted by molar-refractivity contribution is 0.0702. The molecule has 2 aromatic rings. The van der Waals surface area contributed by atoms with Crippen molar-refractivity contribution in [3.05, 3.63) is 64.7 Å². The Morgan fingerprint density at radius 2 is 1.62 bits per heavy atom. The van der Waals surface area contributed by atoms with E-state index in [4.69, 9.17) is 16.3 Å². The van der Waals surface area contributed by atoms with E-state index in [0.717, 1.165) is 69.2 Å². The van der Waals surface area contributed by atoms with Crippen molar-refractivity contribution >= 4 is 17.5 Å². The maximum Gasteiger partial charge on any atom is 0.257 e. The smallest absolute Gasteiger partial charge is 0.257 e. The zero-order chi connectivity index (χ0) is 20.1. The summed E-state index contributed by atoms with van der Waals surface area (Å²) in [6.07, 6.45) is 5.46. The first kappa shape index (κ1) is 20.2. The van der Waals surface area contributed by atoms with Gasteiger partial charge in [-0.2, -0.15) is 0 Å². The summed E-state index contributed by atoms with van der Waals surface area (Å²) in [6, 6.07) is 15.8. The second-order valence-corrected chi connectivity index (χ2v) is 8.44. The van der Waals surface area contributed by atoms with Gasteiger partial charge in [0.05, 0.1) is 5.56 Å². The number of rotatable bonds is 5. The molecule has 0 radical (unpaired) electrons. The Kier molecular flexibility index (Phi) is 6.73. The predicted octanol–water partition coefficient (Wildman–Crippen LogP) is 5.01. The Bertz CT molecular complexity index is 827. The molecule has 4 nitrogen and oxygen atoms in total. The summed E-state index contributed by atoms with van der Waals surface area (Å²) in [7, 11) is 0. The van der Waals surface area contributed by atoms with Gasteiger partial charge in [0.2, 0.25) is 0 Å². The molecule has 0 unspecified atom stereocenters. The minimum absolute atomic E-state index is 0.108. The van der Waals surface area contributed by atoms with Crippen molar-refractivity contribution in [2.45, 2.75) is 44.8 Å². The van der Waals surface area contributed by atoms with Crippen LogP contribution in [0.2, 0.25) is 5.02 Å². The average Bonchev–Trinajstić information content (AvgIpc) is 2.77. The van der Waals surface area contributed by atoms with Gasteiger partial charge in [-0.3, -0.25) is 9.69 Å². The van der Waals surface area contributed by atoms with Crippen molar-refractivity contribution in [3.8, 4) is 5.75 Å². The molecule has 2 saturated heterocycles. The zero-order valence-corrected chi connectivity index (χ0v) is 17.6. The van der Waals surface area contributed by atoms with E-state index in [1.54, 1.807) is 0 Å². The number of hydrogen-bond acceptors (Lipinski definition) is 3. The molecule has 29 heavy (non-hydrogen) atoms. The van der Waals surface area contributed by atoms with Crippen LogP contribution in [0.5, 0.6) is 5.75 Å². The number of amides is 1. The largest absolute Gasteiger partial charge is 0.489 e. The molecule has 0 bridgehead atoms. The molecule has 2 aliphatic rings. The Hall–Kier alpha value is -2.04. The first-order valence-electron chi connectivity index (χ1n) is 10.7. The van der Waals surface area contributed by atoms with Crippen LogP contribution < -0.4 is 4.74 Å². The molecule has 2 heterocycles. The number of para-hydroxylation sites is 1. The fourth-order valence-corrected chi connectivity index (χ4v) is 4.44. The van der Waals surface area contributed by atoms with Crippen LogP contribution >= 0.6 is 11.6 Å². The summed E-state index contributed by atoms with van der Waals surface area (Å²) >= 11 is 6.30. The van der Waals surface area contributed by atoms with Crippen LogP contribution in [0.3, 0.4) is 0 Å². The molecule has 0 N–H and O–H groups in total. The molecular formula is C24H29ClN2O2. The van der Waals surface area contributed by atoms with Gasteiger partial charge in [0.25, 0.3) is 5.91 Å². The Morgan fingerprint density at radius 3 is 2.38 bits per heavy atom. The maximum atomic E-state index is 13.0. The summed E-state index contributed by atoms with van der Waals surface area (Å²) in [6.45, 7) is 4.52. The van der Waals surface area contributed by atoms with E-state index in [0.29, 0.717) is 5.56 Å². The quantitative estimate of drug-likeness (QED) is 0.692. The van der Waals surface area contributed by atoms with E-state index in [-0.39, 0.29) is 12.0 Å². The van der Waals surface area contributed by atoms with Crippen LogP contribution in [0, 0.1) is 0 Å². The Balaban J connectivity index is 1.35. The Morgan fingerprint density at radius 1 is 0.931 bits per heavy atom. The first-order valence-corrected chi connectivity index (χ1v) is 11.1. The molecule has 1 amide bonds. The molecule has 2 fully saturated rings. The van der Waals surface area contributed by atoms with Crippen LogP contribution in [0.4, 0.5) is 0 Å². The summed E-state index contributed by atoms with van der Waals surface area (Å²) in [5, 5.41) is 0.830. The molecule has 2 aromatic carbocycles. The van der Waals surface area contributed by atoms with E-state index in [1.165, 1.54) is 12.0 Å². The first-order chi connectivity index (χ1) is 14.2. The van der Waals surface area contributed by atoms with Gasteiger partial charge < -0.3 is 9.64 Å². The fourth-order valence-electron chi connectivity index (χ4n) is 4.25. The summed E-state index contributed by atoms with van der Waals surface area (Å²) < 4.78 is 6.32. The number of benzene rings is 2. The number of nitrogens with zero attached hydrogens (tertiary/aromatic N) is 2. The molecule has 2 aliphatic heterocycles. The molecule has 0 atom stereocenters. The maximum absolute atomic E-state index is 13.0. The number of ether oxygens (including phenoxy) is 1. The highest BCUT2D eigenvalue weighted by molar-refractivity contribution is 6.31. The third-order valence-corrected chi connectivity index (χ3v) is 6.31. The topological polar surface area (TPSA) is 32.8 Å². The molecule has 0 spiro atoms. The zero-order valence-electron chi connectivity index (χ0n) is 16.9. The van der Waals surface area contributed by atoms with Crippen LogP contribution in [-0.2, 0) is 6.54 Å². The van der Waals surface area contributed by atoms with E-state index in [2.05, 4.69) is 11.0 Å². The lowest BCUT2D eigenvalue weighted by atomic mass is 10.1.